The maximum Gasteiger partial charge on any atom is 0.228 e. The molecule has 4 nitrogen and oxygen atoms in total. The number of aliphatic hydroxyl groups excluding tert-OH is 1. The third-order valence-electron chi connectivity index (χ3n) is 5.05. The zero-order chi connectivity index (χ0) is 14.7. The van der Waals surface area contributed by atoms with Crippen LogP contribution in [0.5, 0.6) is 0 Å². The highest BCUT2D eigenvalue weighted by Crippen LogP contribution is 2.37. The van der Waals surface area contributed by atoms with Crippen molar-refractivity contribution in [3.8, 4) is 0 Å². The molecule has 1 unspecified atom stereocenters. The van der Waals surface area contributed by atoms with E-state index >= 15 is 0 Å². The third-order valence-corrected chi connectivity index (χ3v) is 5.05. The van der Waals surface area contributed by atoms with Crippen molar-refractivity contribution in [3.05, 3.63) is 35.4 Å². The molecule has 1 aliphatic heterocycles. The van der Waals surface area contributed by atoms with Gasteiger partial charge in [-0.3, -0.25) is 4.79 Å². The summed E-state index contributed by atoms with van der Waals surface area (Å²) >= 11 is 0. The third kappa shape index (κ3) is 2.97. The highest BCUT2D eigenvalue weighted by atomic mass is 16.3. The standard InChI is InChI=1S/C17H24N2O2/c20-12-17(7-3-4-8-17)11-19-16(21)15-10-18-9-13-5-1-2-6-14(13)15/h1-2,5-6,15,18,20H,3-4,7-12H2,(H,19,21). The van der Waals surface area contributed by atoms with Gasteiger partial charge in [0.1, 0.15) is 0 Å². The molecule has 3 rings (SSSR count). The number of rotatable bonds is 4. The summed E-state index contributed by atoms with van der Waals surface area (Å²) in [6.45, 7) is 2.29. The van der Waals surface area contributed by atoms with E-state index in [4.69, 9.17) is 0 Å². The molecule has 0 saturated heterocycles. The van der Waals surface area contributed by atoms with E-state index < -0.39 is 0 Å². The van der Waals surface area contributed by atoms with Crippen LogP contribution in [0.3, 0.4) is 0 Å². The Morgan fingerprint density at radius 1 is 1.33 bits per heavy atom. The number of carbonyl (C=O) groups is 1. The molecule has 2 aliphatic rings. The lowest BCUT2D eigenvalue weighted by molar-refractivity contribution is -0.123. The largest absolute Gasteiger partial charge is 0.396 e. The average molecular weight is 288 g/mol. The Morgan fingerprint density at radius 2 is 2.10 bits per heavy atom. The van der Waals surface area contributed by atoms with Gasteiger partial charge in [-0.1, -0.05) is 37.1 Å². The summed E-state index contributed by atoms with van der Waals surface area (Å²) in [6.07, 6.45) is 4.35. The summed E-state index contributed by atoms with van der Waals surface area (Å²) in [6, 6.07) is 8.14. The SMILES string of the molecule is O=C(NCC1(CO)CCCC1)C1CNCc2ccccc21. The fourth-order valence-corrected chi connectivity index (χ4v) is 3.64. The Kier molecular flexibility index (Phi) is 4.27. The minimum atomic E-state index is -0.118. The zero-order valence-electron chi connectivity index (χ0n) is 12.4. The van der Waals surface area contributed by atoms with E-state index in [-0.39, 0.29) is 23.8 Å². The smallest absolute Gasteiger partial charge is 0.228 e. The van der Waals surface area contributed by atoms with Gasteiger partial charge in [0.15, 0.2) is 0 Å². The summed E-state index contributed by atoms with van der Waals surface area (Å²) in [5.41, 5.74) is 2.26. The van der Waals surface area contributed by atoms with Crippen molar-refractivity contribution in [2.75, 3.05) is 19.7 Å². The molecule has 0 spiro atoms. The van der Waals surface area contributed by atoms with Crippen LogP contribution in [-0.2, 0) is 11.3 Å². The molecule has 0 aromatic heterocycles. The molecule has 1 heterocycles. The first-order valence-corrected chi connectivity index (χ1v) is 7.91. The first kappa shape index (κ1) is 14.5. The van der Waals surface area contributed by atoms with Gasteiger partial charge < -0.3 is 15.7 Å². The molecule has 0 radical (unpaired) electrons. The van der Waals surface area contributed by atoms with Gasteiger partial charge in [0, 0.05) is 25.0 Å². The molecule has 1 fully saturated rings. The van der Waals surface area contributed by atoms with Gasteiger partial charge in [-0.25, -0.2) is 0 Å². The number of hydrogen-bond acceptors (Lipinski definition) is 3. The van der Waals surface area contributed by atoms with E-state index in [0.29, 0.717) is 13.1 Å². The van der Waals surface area contributed by atoms with Gasteiger partial charge in [-0.15, -0.1) is 0 Å². The highest BCUT2D eigenvalue weighted by molar-refractivity contribution is 5.84. The van der Waals surface area contributed by atoms with Gasteiger partial charge in [0.05, 0.1) is 12.5 Å². The molecule has 3 N–H and O–H groups in total. The van der Waals surface area contributed by atoms with Crippen molar-refractivity contribution in [1.29, 1.82) is 0 Å². The fourth-order valence-electron chi connectivity index (χ4n) is 3.64. The fraction of sp³-hybridized carbons (Fsp3) is 0.588. The Bertz CT molecular complexity index is 509. The zero-order valence-corrected chi connectivity index (χ0v) is 12.4. The number of aliphatic hydroxyl groups is 1. The molecule has 1 aliphatic carbocycles. The van der Waals surface area contributed by atoms with E-state index in [2.05, 4.69) is 22.8 Å². The number of fused-ring (bicyclic) bond motifs is 1. The number of benzene rings is 1. The quantitative estimate of drug-likeness (QED) is 0.787. The van der Waals surface area contributed by atoms with Crippen molar-refractivity contribution in [2.24, 2.45) is 5.41 Å². The summed E-state index contributed by atoms with van der Waals surface area (Å²) in [5, 5.41) is 16.0. The minimum Gasteiger partial charge on any atom is -0.396 e. The summed E-state index contributed by atoms with van der Waals surface area (Å²) in [5.74, 6) is -0.0403. The normalized spacial score (nSPS) is 23.6. The van der Waals surface area contributed by atoms with E-state index in [1.807, 2.05) is 12.1 Å². The molecule has 1 amide bonds. The van der Waals surface area contributed by atoms with Crippen molar-refractivity contribution < 1.29 is 9.90 Å². The van der Waals surface area contributed by atoms with Crippen LogP contribution in [0.1, 0.15) is 42.7 Å². The summed E-state index contributed by atoms with van der Waals surface area (Å²) < 4.78 is 0. The second-order valence-electron chi connectivity index (χ2n) is 6.47. The number of amides is 1. The topological polar surface area (TPSA) is 61.4 Å². The predicted octanol–water partition coefficient (Wildman–Crippen LogP) is 1.54. The molecule has 1 aromatic rings. The monoisotopic (exact) mass is 288 g/mol. The summed E-state index contributed by atoms with van der Waals surface area (Å²) in [7, 11) is 0. The molecule has 4 heteroatoms. The molecule has 114 valence electrons. The van der Waals surface area contributed by atoms with Crippen molar-refractivity contribution in [3.63, 3.8) is 0 Å². The van der Waals surface area contributed by atoms with Crippen molar-refractivity contribution in [2.45, 2.75) is 38.1 Å². The first-order chi connectivity index (χ1) is 10.2. The maximum absolute atomic E-state index is 12.5. The lowest BCUT2D eigenvalue weighted by Gasteiger charge is -2.30. The number of nitrogens with one attached hydrogen (secondary N) is 2. The van der Waals surface area contributed by atoms with Gasteiger partial charge >= 0.3 is 0 Å². The maximum atomic E-state index is 12.5. The molecular formula is C17H24N2O2. The lowest BCUT2D eigenvalue weighted by Crippen LogP contribution is -2.43. The van der Waals surface area contributed by atoms with Crippen LogP contribution in [0.25, 0.3) is 0 Å². The molecule has 21 heavy (non-hydrogen) atoms. The Morgan fingerprint density at radius 3 is 2.86 bits per heavy atom. The van der Waals surface area contributed by atoms with E-state index in [1.165, 1.54) is 5.56 Å². The van der Waals surface area contributed by atoms with Crippen molar-refractivity contribution in [1.82, 2.24) is 10.6 Å². The van der Waals surface area contributed by atoms with Gasteiger partial charge in [-0.05, 0) is 24.0 Å². The molecular weight excluding hydrogens is 264 g/mol. The number of hydrogen-bond donors (Lipinski definition) is 3. The van der Waals surface area contributed by atoms with E-state index in [1.54, 1.807) is 0 Å². The van der Waals surface area contributed by atoms with Crippen molar-refractivity contribution >= 4 is 5.91 Å². The van der Waals surface area contributed by atoms with Crippen LogP contribution >= 0.6 is 0 Å². The molecule has 1 aromatic carbocycles. The second-order valence-corrected chi connectivity index (χ2v) is 6.47. The van der Waals surface area contributed by atoms with Gasteiger partial charge in [0.2, 0.25) is 5.91 Å². The van der Waals surface area contributed by atoms with Crippen LogP contribution in [0.15, 0.2) is 24.3 Å². The van der Waals surface area contributed by atoms with E-state index in [9.17, 15) is 9.90 Å². The van der Waals surface area contributed by atoms with Gasteiger partial charge in [-0.2, -0.15) is 0 Å². The Hall–Kier alpha value is -1.39. The average Bonchev–Trinajstić information content (AvgIpc) is 3.01. The van der Waals surface area contributed by atoms with Gasteiger partial charge in [0.25, 0.3) is 0 Å². The molecule has 1 atom stereocenters. The molecule has 1 saturated carbocycles. The molecule has 0 bridgehead atoms. The van der Waals surface area contributed by atoms with Crippen LogP contribution in [-0.4, -0.2) is 30.7 Å². The highest BCUT2D eigenvalue weighted by Gasteiger charge is 2.34. The minimum absolute atomic E-state index is 0.0781. The van der Waals surface area contributed by atoms with Crippen LogP contribution in [0, 0.1) is 5.41 Å². The van der Waals surface area contributed by atoms with Crippen LogP contribution in [0.4, 0.5) is 0 Å². The first-order valence-electron chi connectivity index (χ1n) is 7.91. The predicted molar refractivity (Wildman–Crippen MR) is 81.9 cm³/mol. The van der Waals surface area contributed by atoms with Crippen LogP contribution in [0.2, 0.25) is 0 Å². The Balaban J connectivity index is 1.66. The number of carbonyl (C=O) groups excluding carboxylic acids is 1. The lowest BCUT2D eigenvalue weighted by atomic mass is 9.86. The van der Waals surface area contributed by atoms with Crippen LogP contribution < -0.4 is 10.6 Å². The second kappa shape index (κ2) is 6.16. The summed E-state index contributed by atoms with van der Waals surface area (Å²) in [4.78, 5) is 12.5. The Labute approximate surface area is 125 Å². The van der Waals surface area contributed by atoms with E-state index in [0.717, 1.165) is 37.8 Å².